The Kier molecular flexibility index (Phi) is 3.59. The molecule has 0 spiro atoms. The maximum absolute atomic E-state index is 12.1. The van der Waals surface area contributed by atoms with Crippen molar-refractivity contribution < 1.29 is 14.3 Å². The molecule has 4 nitrogen and oxygen atoms in total. The summed E-state index contributed by atoms with van der Waals surface area (Å²) in [7, 11) is 0. The Hall–Kier alpha value is -2.24. The summed E-state index contributed by atoms with van der Waals surface area (Å²) in [5.74, 6) is 0.979. The van der Waals surface area contributed by atoms with Crippen LogP contribution in [0.1, 0.15) is 11.1 Å². The molecule has 0 saturated carbocycles. The predicted octanol–water partition coefficient (Wildman–Crippen LogP) is 4.13. The zero-order valence-corrected chi connectivity index (χ0v) is 13.4. The van der Waals surface area contributed by atoms with Crippen LogP contribution in [0.3, 0.4) is 0 Å². The number of fused-ring (bicyclic) bond motifs is 1. The number of halogens is 1. The zero-order chi connectivity index (χ0) is 15.8. The first kappa shape index (κ1) is 14.4. The van der Waals surface area contributed by atoms with Crippen LogP contribution in [-0.2, 0) is 4.79 Å². The molecule has 0 aliphatic carbocycles. The number of nitrogens with zero attached hydrogens (tertiary/aromatic N) is 1. The van der Waals surface area contributed by atoms with E-state index in [9.17, 15) is 4.79 Å². The van der Waals surface area contributed by atoms with Crippen molar-refractivity contribution in [2.45, 2.75) is 0 Å². The van der Waals surface area contributed by atoms with Gasteiger partial charge >= 0.3 is 0 Å². The number of thioether (sulfide) groups is 1. The van der Waals surface area contributed by atoms with Crippen molar-refractivity contribution in [1.29, 1.82) is 0 Å². The topological polar surface area (TPSA) is 47.9 Å². The summed E-state index contributed by atoms with van der Waals surface area (Å²) in [5, 5.41) is 1.20. The van der Waals surface area contributed by atoms with E-state index in [0.29, 0.717) is 32.0 Å². The largest absolute Gasteiger partial charge is 0.454 e. The summed E-state index contributed by atoms with van der Waals surface area (Å²) in [6.45, 7) is 0.181. The highest BCUT2D eigenvalue weighted by molar-refractivity contribution is 8.19. The lowest BCUT2D eigenvalue weighted by Crippen LogP contribution is -1.92. The second-order valence-corrected chi connectivity index (χ2v) is 6.36. The van der Waals surface area contributed by atoms with Crippen LogP contribution in [0.15, 0.2) is 52.4 Å². The number of hydrogen-bond donors (Lipinski definition) is 0. The Bertz CT molecular complexity index is 862. The van der Waals surface area contributed by atoms with Crippen LogP contribution in [0.5, 0.6) is 11.5 Å². The molecule has 2 aliphatic rings. The van der Waals surface area contributed by atoms with Gasteiger partial charge in [0.1, 0.15) is 5.04 Å². The van der Waals surface area contributed by atoms with Crippen LogP contribution in [0.4, 0.5) is 0 Å². The third-order valence-corrected chi connectivity index (χ3v) is 4.78. The van der Waals surface area contributed by atoms with Crippen LogP contribution in [0.25, 0.3) is 6.08 Å². The average Bonchev–Trinajstić information content (AvgIpc) is 3.15. The van der Waals surface area contributed by atoms with E-state index in [1.54, 1.807) is 18.2 Å². The van der Waals surface area contributed by atoms with Gasteiger partial charge in [0.25, 0.3) is 5.91 Å². The van der Waals surface area contributed by atoms with E-state index >= 15 is 0 Å². The summed E-state index contributed by atoms with van der Waals surface area (Å²) < 4.78 is 10.6. The maximum Gasteiger partial charge on any atom is 0.284 e. The van der Waals surface area contributed by atoms with Crippen LogP contribution in [0, 0.1) is 0 Å². The van der Waals surface area contributed by atoms with Gasteiger partial charge in [0.2, 0.25) is 6.79 Å². The van der Waals surface area contributed by atoms with Crippen molar-refractivity contribution in [3.63, 3.8) is 0 Å². The lowest BCUT2D eigenvalue weighted by atomic mass is 10.2. The molecule has 0 aromatic heterocycles. The highest BCUT2D eigenvalue weighted by atomic mass is 35.5. The van der Waals surface area contributed by atoms with Gasteiger partial charge in [-0.15, -0.1) is 0 Å². The van der Waals surface area contributed by atoms with Gasteiger partial charge in [0.15, 0.2) is 11.5 Å². The van der Waals surface area contributed by atoms with Gasteiger partial charge in [-0.3, -0.25) is 4.79 Å². The van der Waals surface area contributed by atoms with Crippen molar-refractivity contribution in [3.05, 3.63) is 63.5 Å². The molecule has 23 heavy (non-hydrogen) atoms. The highest BCUT2D eigenvalue weighted by Crippen LogP contribution is 2.39. The molecule has 0 bridgehead atoms. The SMILES string of the molecule is O=C1N=C(c2ccccc2)S/C1=C\c1cc2c(cc1Cl)OCO2. The summed E-state index contributed by atoms with van der Waals surface area (Å²) >= 11 is 7.59. The lowest BCUT2D eigenvalue weighted by molar-refractivity contribution is -0.113. The van der Waals surface area contributed by atoms with Crippen molar-refractivity contribution in [2.24, 2.45) is 4.99 Å². The number of amides is 1. The quantitative estimate of drug-likeness (QED) is 0.769. The molecule has 0 atom stereocenters. The molecule has 2 heterocycles. The third kappa shape index (κ3) is 2.73. The summed E-state index contributed by atoms with van der Waals surface area (Å²) in [4.78, 5) is 16.8. The minimum atomic E-state index is -0.261. The van der Waals surface area contributed by atoms with E-state index in [1.807, 2.05) is 30.3 Å². The lowest BCUT2D eigenvalue weighted by Gasteiger charge is -2.03. The molecule has 0 fully saturated rings. The molecule has 0 unspecified atom stereocenters. The molecule has 6 heteroatoms. The molecule has 0 N–H and O–H groups in total. The van der Waals surface area contributed by atoms with Crippen LogP contribution in [0.2, 0.25) is 5.02 Å². The smallest absolute Gasteiger partial charge is 0.284 e. The van der Waals surface area contributed by atoms with Gasteiger partial charge < -0.3 is 9.47 Å². The van der Waals surface area contributed by atoms with Crippen LogP contribution in [-0.4, -0.2) is 17.7 Å². The van der Waals surface area contributed by atoms with Crippen molar-refractivity contribution in [2.75, 3.05) is 6.79 Å². The molecule has 2 aromatic rings. The number of rotatable bonds is 2. The molecular formula is C17H10ClNO3S. The molecule has 114 valence electrons. The number of benzene rings is 2. The van der Waals surface area contributed by atoms with Gasteiger partial charge in [-0.05, 0) is 17.7 Å². The molecule has 0 saturated heterocycles. The highest BCUT2D eigenvalue weighted by Gasteiger charge is 2.24. The van der Waals surface area contributed by atoms with Gasteiger partial charge in [0, 0.05) is 11.6 Å². The fraction of sp³-hybridized carbons (Fsp3) is 0.0588. The van der Waals surface area contributed by atoms with Gasteiger partial charge in [-0.25, -0.2) is 4.99 Å². The minimum Gasteiger partial charge on any atom is -0.454 e. The van der Waals surface area contributed by atoms with E-state index in [1.165, 1.54) is 11.8 Å². The number of hydrogen-bond acceptors (Lipinski definition) is 4. The minimum absolute atomic E-state index is 0.181. The van der Waals surface area contributed by atoms with E-state index in [4.69, 9.17) is 21.1 Å². The number of aliphatic imine (C=N–C) groups is 1. The first-order chi connectivity index (χ1) is 11.2. The molecule has 0 radical (unpaired) electrons. The molecular weight excluding hydrogens is 334 g/mol. The van der Waals surface area contributed by atoms with Gasteiger partial charge in [0.05, 0.1) is 9.93 Å². The molecule has 2 aromatic carbocycles. The Morgan fingerprint density at radius 2 is 1.87 bits per heavy atom. The van der Waals surface area contributed by atoms with Gasteiger partial charge in [-0.2, -0.15) is 0 Å². The standard InChI is InChI=1S/C17H10ClNO3S/c18-12-8-14-13(21-9-22-14)6-11(12)7-15-16(20)19-17(23-15)10-4-2-1-3-5-10/h1-8H,9H2/b15-7-. The van der Waals surface area contributed by atoms with Crippen molar-refractivity contribution in [1.82, 2.24) is 0 Å². The number of carbonyl (C=O) groups excluding carboxylic acids is 1. The first-order valence-corrected chi connectivity index (χ1v) is 8.07. The Balaban J connectivity index is 1.65. The second-order valence-electron chi connectivity index (χ2n) is 4.93. The fourth-order valence-electron chi connectivity index (χ4n) is 2.30. The Labute approximate surface area is 141 Å². The normalized spacial score (nSPS) is 17.7. The predicted molar refractivity (Wildman–Crippen MR) is 91.1 cm³/mol. The summed E-state index contributed by atoms with van der Waals surface area (Å²) in [6, 6.07) is 13.1. The van der Waals surface area contributed by atoms with Crippen LogP contribution >= 0.6 is 23.4 Å². The van der Waals surface area contributed by atoms with Crippen LogP contribution < -0.4 is 9.47 Å². The zero-order valence-electron chi connectivity index (χ0n) is 11.8. The fourth-order valence-corrected chi connectivity index (χ4v) is 3.42. The molecule has 4 rings (SSSR count). The Morgan fingerprint density at radius 3 is 2.65 bits per heavy atom. The number of ether oxygens (including phenoxy) is 2. The monoisotopic (exact) mass is 343 g/mol. The van der Waals surface area contributed by atoms with E-state index in [2.05, 4.69) is 4.99 Å². The van der Waals surface area contributed by atoms with E-state index < -0.39 is 0 Å². The molecule has 1 amide bonds. The van der Waals surface area contributed by atoms with E-state index in [-0.39, 0.29) is 12.7 Å². The summed E-state index contributed by atoms with van der Waals surface area (Å²) in [5.41, 5.74) is 1.63. The average molecular weight is 344 g/mol. The Morgan fingerprint density at radius 1 is 1.13 bits per heavy atom. The van der Waals surface area contributed by atoms with Gasteiger partial charge in [-0.1, -0.05) is 53.7 Å². The summed E-state index contributed by atoms with van der Waals surface area (Å²) in [6.07, 6.45) is 1.73. The third-order valence-electron chi connectivity index (χ3n) is 3.42. The van der Waals surface area contributed by atoms with Crippen molar-refractivity contribution in [3.8, 4) is 11.5 Å². The number of carbonyl (C=O) groups is 1. The maximum atomic E-state index is 12.1. The molecule has 2 aliphatic heterocycles. The first-order valence-electron chi connectivity index (χ1n) is 6.88. The van der Waals surface area contributed by atoms with Crippen molar-refractivity contribution >= 4 is 40.4 Å². The van der Waals surface area contributed by atoms with E-state index in [0.717, 1.165) is 5.56 Å². The second kappa shape index (κ2) is 5.76.